The van der Waals surface area contributed by atoms with E-state index in [1.807, 2.05) is 48.5 Å². The summed E-state index contributed by atoms with van der Waals surface area (Å²) in [5.41, 5.74) is 2.82. The maximum Gasteiger partial charge on any atom is 0.344 e. The molecule has 0 aliphatic heterocycles. The highest BCUT2D eigenvalue weighted by molar-refractivity contribution is 5.94. The Labute approximate surface area is 168 Å². The molecule has 0 saturated carbocycles. The number of amides is 1. The fraction of sp³-hybridized carbons (Fsp3) is 0.0870. The average Bonchev–Trinajstić information content (AvgIpc) is 2.77. The van der Waals surface area contributed by atoms with Crippen molar-refractivity contribution in [2.45, 2.75) is 0 Å². The molecular weight excluding hydrogens is 368 g/mol. The molecule has 144 valence electrons. The Hall–Kier alpha value is -4.11. The van der Waals surface area contributed by atoms with Crippen molar-refractivity contribution >= 4 is 17.6 Å². The van der Waals surface area contributed by atoms with Crippen LogP contribution in [0.5, 0.6) is 5.75 Å². The number of hydrogen-bond donors (Lipinski definition) is 1. The van der Waals surface area contributed by atoms with E-state index in [9.17, 15) is 9.59 Å². The SMILES string of the molecule is N#Cc1ccccc1NC(=O)COC(=O)COc1ccc(-c2ccccc2)cc1. The number of para-hydroxylation sites is 1. The van der Waals surface area contributed by atoms with Gasteiger partial charge in [-0.2, -0.15) is 5.26 Å². The summed E-state index contributed by atoms with van der Waals surface area (Å²) in [7, 11) is 0. The van der Waals surface area contributed by atoms with Gasteiger partial charge in [0, 0.05) is 0 Å². The van der Waals surface area contributed by atoms with Crippen LogP contribution in [0.4, 0.5) is 5.69 Å². The van der Waals surface area contributed by atoms with Crippen LogP contribution in [-0.4, -0.2) is 25.1 Å². The number of nitrogens with one attached hydrogen (secondary N) is 1. The van der Waals surface area contributed by atoms with Crippen LogP contribution >= 0.6 is 0 Å². The Morgan fingerprint density at radius 1 is 0.828 bits per heavy atom. The van der Waals surface area contributed by atoms with Gasteiger partial charge in [0.1, 0.15) is 11.8 Å². The lowest BCUT2D eigenvalue weighted by atomic mass is 10.1. The lowest BCUT2D eigenvalue weighted by Crippen LogP contribution is -2.24. The second kappa shape index (κ2) is 9.72. The molecule has 0 bridgehead atoms. The average molecular weight is 386 g/mol. The molecule has 0 saturated heterocycles. The standard InChI is InChI=1S/C23H18N2O4/c24-14-19-8-4-5-9-21(19)25-22(26)15-29-23(27)16-28-20-12-10-18(11-13-20)17-6-2-1-3-7-17/h1-13H,15-16H2,(H,25,26). The molecule has 1 amide bonds. The van der Waals surface area contributed by atoms with Gasteiger partial charge in [-0.05, 0) is 35.4 Å². The zero-order valence-corrected chi connectivity index (χ0v) is 15.5. The summed E-state index contributed by atoms with van der Waals surface area (Å²) < 4.78 is 10.3. The van der Waals surface area contributed by atoms with Crippen LogP contribution in [0.3, 0.4) is 0 Å². The normalized spacial score (nSPS) is 9.90. The van der Waals surface area contributed by atoms with E-state index in [1.54, 1.807) is 36.4 Å². The topological polar surface area (TPSA) is 88.4 Å². The first-order valence-corrected chi connectivity index (χ1v) is 8.88. The summed E-state index contributed by atoms with van der Waals surface area (Å²) in [4.78, 5) is 23.7. The van der Waals surface area contributed by atoms with Gasteiger partial charge in [0.15, 0.2) is 13.2 Å². The Kier molecular flexibility index (Phi) is 6.58. The third kappa shape index (κ3) is 5.68. The highest BCUT2D eigenvalue weighted by Crippen LogP contribution is 2.22. The Morgan fingerprint density at radius 2 is 1.48 bits per heavy atom. The van der Waals surface area contributed by atoms with Crippen LogP contribution in [0.1, 0.15) is 5.56 Å². The summed E-state index contributed by atoms with van der Waals surface area (Å²) >= 11 is 0. The minimum absolute atomic E-state index is 0.313. The number of carbonyl (C=O) groups is 2. The van der Waals surface area contributed by atoms with Crippen molar-refractivity contribution in [1.29, 1.82) is 5.26 Å². The van der Waals surface area contributed by atoms with Crippen LogP contribution in [0.2, 0.25) is 0 Å². The van der Waals surface area contributed by atoms with Gasteiger partial charge in [-0.1, -0.05) is 54.6 Å². The summed E-state index contributed by atoms with van der Waals surface area (Å²) in [5.74, 6) is -0.678. The van der Waals surface area contributed by atoms with E-state index in [-0.39, 0.29) is 6.61 Å². The van der Waals surface area contributed by atoms with Gasteiger partial charge in [0.25, 0.3) is 5.91 Å². The Balaban J connectivity index is 1.44. The molecule has 0 atom stereocenters. The van der Waals surface area contributed by atoms with Crippen molar-refractivity contribution in [2.75, 3.05) is 18.5 Å². The molecule has 0 unspecified atom stereocenters. The number of esters is 1. The molecule has 6 heteroatoms. The predicted octanol–water partition coefficient (Wildman–Crippen LogP) is 3.79. The van der Waals surface area contributed by atoms with Crippen molar-refractivity contribution < 1.29 is 19.1 Å². The zero-order valence-electron chi connectivity index (χ0n) is 15.5. The number of benzene rings is 3. The van der Waals surface area contributed by atoms with E-state index in [1.165, 1.54) is 0 Å². The minimum atomic E-state index is -0.666. The van der Waals surface area contributed by atoms with Gasteiger partial charge in [0.05, 0.1) is 11.3 Å². The summed E-state index contributed by atoms with van der Waals surface area (Å²) in [6, 6.07) is 25.8. The third-order valence-corrected chi connectivity index (χ3v) is 4.00. The van der Waals surface area contributed by atoms with Gasteiger partial charge in [0.2, 0.25) is 0 Å². The van der Waals surface area contributed by atoms with Crippen LogP contribution in [0.15, 0.2) is 78.9 Å². The molecule has 3 rings (SSSR count). The van der Waals surface area contributed by atoms with Crippen LogP contribution in [0, 0.1) is 11.3 Å². The third-order valence-electron chi connectivity index (χ3n) is 4.00. The molecule has 0 radical (unpaired) electrons. The van der Waals surface area contributed by atoms with E-state index in [0.717, 1.165) is 11.1 Å². The molecule has 0 aromatic heterocycles. The van der Waals surface area contributed by atoms with Crippen molar-refractivity contribution in [1.82, 2.24) is 0 Å². The van der Waals surface area contributed by atoms with Crippen LogP contribution in [0.25, 0.3) is 11.1 Å². The zero-order chi connectivity index (χ0) is 20.5. The largest absolute Gasteiger partial charge is 0.482 e. The summed E-state index contributed by atoms with van der Waals surface area (Å²) in [5, 5.41) is 11.5. The molecule has 1 N–H and O–H groups in total. The predicted molar refractivity (Wildman–Crippen MR) is 108 cm³/mol. The number of nitriles is 1. The van der Waals surface area contributed by atoms with Gasteiger partial charge in [-0.15, -0.1) is 0 Å². The van der Waals surface area contributed by atoms with E-state index in [0.29, 0.717) is 17.0 Å². The smallest absolute Gasteiger partial charge is 0.344 e. The number of ether oxygens (including phenoxy) is 2. The van der Waals surface area contributed by atoms with Crippen LogP contribution in [-0.2, 0) is 14.3 Å². The fourth-order valence-corrected chi connectivity index (χ4v) is 2.58. The number of hydrogen-bond acceptors (Lipinski definition) is 5. The van der Waals surface area contributed by atoms with Crippen molar-refractivity contribution in [3.8, 4) is 22.9 Å². The molecule has 0 aliphatic carbocycles. The summed E-state index contributed by atoms with van der Waals surface area (Å²) in [6.07, 6.45) is 0. The van der Waals surface area contributed by atoms with Gasteiger partial charge >= 0.3 is 5.97 Å². The maximum atomic E-state index is 11.9. The highest BCUT2D eigenvalue weighted by Gasteiger charge is 2.10. The quantitative estimate of drug-likeness (QED) is 0.624. The molecule has 3 aromatic rings. The maximum absolute atomic E-state index is 11.9. The minimum Gasteiger partial charge on any atom is -0.482 e. The van der Waals surface area contributed by atoms with E-state index < -0.39 is 18.5 Å². The van der Waals surface area contributed by atoms with Crippen molar-refractivity contribution in [2.24, 2.45) is 0 Å². The molecule has 29 heavy (non-hydrogen) atoms. The number of nitrogens with zero attached hydrogens (tertiary/aromatic N) is 1. The van der Waals surface area contributed by atoms with Gasteiger partial charge < -0.3 is 14.8 Å². The molecular formula is C23H18N2O4. The molecule has 3 aromatic carbocycles. The fourth-order valence-electron chi connectivity index (χ4n) is 2.58. The van der Waals surface area contributed by atoms with Gasteiger partial charge in [-0.3, -0.25) is 4.79 Å². The van der Waals surface area contributed by atoms with E-state index in [2.05, 4.69) is 5.32 Å². The van der Waals surface area contributed by atoms with Crippen LogP contribution < -0.4 is 10.1 Å². The van der Waals surface area contributed by atoms with E-state index >= 15 is 0 Å². The Bertz CT molecular complexity index is 1020. The number of anilines is 1. The second-order valence-electron chi connectivity index (χ2n) is 6.05. The van der Waals surface area contributed by atoms with Crippen molar-refractivity contribution in [3.63, 3.8) is 0 Å². The lowest BCUT2D eigenvalue weighted by Gasteiger charge is -2.09. The van der Waals surface area contributed by atoms with Gasteiger partial charge in [-0.25, -0.2) is 4.79 Å². The highest BCUT2D eigenvalue weighted by atomic mass is 16.6. The molecule has 0 aliphatic rings. The lowest BCUT2D eigenvalue weighted by molar-refractivity contribution is -0.149. The molecule has 0 spiro atoms. The number of rotatable bonds is 7. The monoisotopic (exact) mass is 386 g/mol. The first kappa shape index (κ1) is 19.6. The summed E-state index contributed by atoms with van der Waals surface area (Å²) in [6.45, 7) is -0.776. The second-order valence-corrected chi connectivity index (χ2v) is 6.05. The van der Waals surface area contributed by atoms with E-state index in [4.69, 9.17) is 14.7 Å². The molecule has 0 heterocycles. The number of carbonyl (C=O) groups excluding carboxylic acids is 2. The first-order chi connectivity index (χ1) is 14.2. The Morgan fingerprint density at radius 3 is 2.21 bits per heavy atom. The first-order valence-electron chi connectivity index (χ1n) is 8.88. The van der Waals surface area contributed by atoms with Crippen molar-refractivity contribution in [3.05, 3.63) is 84.4 Å². The molecule has 6 nitrogen and oxygen atoms in total. The molecule has 0 fully saturated rings.